The Morgan fingerprint density at radius 2 is 1.97 bits per heavy atom. The number of hydrogen-bond donors (Lipinski definition) is 4. The van der Waals surface area contributed by atoms with E-state index in [-0.39, 0.29) is 42.0 Å². The molecule has 3 heterocycles. The highest BCUT2D eigenvalue weighted by atomic mass is 19.1. The Hall–Kier alpha value is -3.47. The monoisotopic (exact) mass is 494 g/mol. The van der Waals surface area contributed by atoms with Crippen LogP contribution in [-0.4, -0.2) is 72.0 Å². The largest absolute Gasteiger partial charge is 0.369 e. The predicted octanol–water partition coefficient (Wildman–Crippen LogP) is 1.07. The SMILES string of the molecule is CN1CCN(c2ccc3cc2CC(=O)N[C@@H]2C[C@H]4C[C@H]2[C@@H](Nc2nc(ncc2F)N3)[C@H]4C(N)=O)CC1. The fourth-order valence-electron chi connectivity index (χ4n) is 6.54. The summed E-state index contributed by atoms with van der Waals surface area (Å²) in [6.45, 7) is 3.68. The maximum absolute atomic E-state index is 14.7. The molecule has 6 bridgehead atoms. The lowest BCUT2D eigenvalue weighted by atomic mass is 9.81. The number of nitrogens with one attached hydrogen (secondary N) is 3. The summed E-state index contributed by atoms with van der Waals surface area (Å²) in [6.07, 6.45) is 2.79. The number of hydrogen-bond acceptors (Lipinski definition) is 8. The Bertz CT molecular complexity index is 1200. The molecule has 190 valence electrons. The number of primary amides is 1. The van der Waals surface area contributed by atoms with Gasteiger partial charge in [-0.2, -0.15) is 4.98 Å². The van der Waals surface area contributed by atoms with Crippen LogP contribution in [0.1, 0.15) is 18.4 Å². The lowest BCUT2D eigenvalue weighted by Gasteiger charge is -2.36. The first-order valence-corrected chi connectivity index (χ1v) is 12.6. The number of fused-ring (bicyclic) bond motifs is 5. The quantitative estimate of drug-likeness (QED) is 0.488. The number of amides is 2. The third kappa shape index (κ3) is 4.11. The summed E-state index contributed by atoms with van der Waals surface area (Å²) in [5.41, 5.74) is 8.41. The van der Waals surface area contributed by atoms with Crippen molar-refractivity contribution in [2.45, 2.75) is 31.3 Å². The third-order valence-electron chi connectivity index (χ3n) is 8.26. The minimum atomic E-state index is -0.606. The molecular formula is C25H31FN8O2. The standard InChI is InChI=1S/C25H31FN8O2/c1-33-4-6-34(7-5-33)19-3-2-15-8-13(19)11-20(35)30-18-10-14-9-16(18)22(21(14)23(27)36)31-24-17(26)12-28-25(29-15)32-24/h2-3,8,12,14,16,18,21-22H,4-7,9-11H2,1H3,(H2,27,36)(H,30,35)(H2,28,29,31,32)/t14-,16-,18-,21+,22-/m1/s1. The molecule has 2 aromatic rings. The number of halogens is 1. The topological polar surface area (TPSA) is 129 Å². The van der Waals surface area contributed by atoms with Gasteiger partial charge >= 0.3 is 0 Å². The first-order valence-electron chi connectivity index (χ1n) is 12.6. The molecule has 4 aliphatic rings. The number of carbonyl (C=O) groups excluding carboxylic acids is 2. The third-order valence-corrected chi connectivity index (χ3v) is 8.26. The molecule has 0 spiro atoms. The summed E-state index contributed by atoms with van der Waals surface area (Å²) in [6, 6.07) is 5.37. The van der Waals surface area contributed by atoms with E-state index in [0.717, 1.165) is 50.0 Å². The van der Waals surface area contributed by atoms with Crippen LogP contribution >= 0.6 is 0 Å². The van der Waals surface area contributed by atoms with E-state index < -0.39 is 23.7 Å². The van der Waals surface area contributed by atoms with E-state index in [0.29, 0.717) is 12.1 Å². The van der Waals surface area contributed by atoms with E-state index in [4.69, 9.17) is 5.73 Å². The van der Waals surface area contributed by atoms with Gasteiger partial charge in [0, 0.05) is 55.6 Å². The number of aromatic nitrogens is 2. The van der Waals surface area contributed by atoms with Crippen molar-refractivity contribution >= 4 is 35.0 Å². The fourth-order valence-corrected chi connectivity index (χ4v) is 6.54. The molecule has 2 aliphatic heterocycles. The molecule has 2 saturated carbocycles. The number of piperazine rings is 1. The van der Waals surface area contributed by atoms with Gasteiger partial charge in [0.25, 0.3) is 0 Å². The van der Waals surface area contributed by atoms with Gasteiger partial charge in [-0.15, -0.1) is 0 Å². The van der Waals surface area contributed by atoms with Crippen LogP contribution in [0.15, 0.2) is 24.4 Å². The van der Waals surface area contributed by atoms with Gasteiger partial charge in [0.15, 0.2) is 11.6 Å². The van der Waals surface area contributed by atoms with Gasteiger partial charge in [0.1, 0.15) is 0 Å². The number of likely N-dealkylation sites (N-methyl/N-ethyl adjacent to an activating group) is 1. The molecule has 2 amide bonds. The highest BCUT2D eigenvalue weighted by Crippen LogP contribution is 2.49. The molecule has 11 heteroatoms. The highest BCUT2D eigenvalue weighted by Gasteiger charge is 2.55. The molecule has 3 fully saturated rings. The van der Waals surface area contributed by atoms with Crippen LogP contribution < -0.4 is 26.6 Å². The average Bonchev–Trinajstić information content (AvgIpc) is 3.39. The van der Waals surface area contributed by atoms with E-state index in [1.54, 1.807) is 0 Å². The number of nitrogens with zero attached hydrogens (tertiary/aromatic N) is 4. The molecule has 5 atom stereocenters. The molecule has 2 aliphatic carbocycles. The summed E-state index contributed by atoms with van der Waals surface area (Å²) >= 11 is 0. The highest BCUT2D eigenvalue weighted by molar-refractivity contribution is 5.83. The van der Waals surface area contributed by atoms with Crippen LogP contribution in [0.3, 0.4) is 0 Å². The Balaban J connectivity index is 1.38. The predicted molar refractivity (Wildman–Crippen MR) is 133 cm³/mol. The number of benzene rings is 1. The van der Waals surface area contributed by atoms with Gasteiger partial charge < -0.3 is 31.5 Å². The van der Waals surface area contributed by atoms with Crippen molar-refractivity contribution in [3.63, 3.8) is 0 Å². The van der Waals surface area contributed by atoms with Crippen molar-refractivity contribution in [2.75, 3.05) is 48.8 Å². The average molecular weight is 495 g/mol. The molecule has 6 rings (SSSR count). The molecule has 36 heavy (non-hydrogen) atoms. The van der Waals surface area contributed by atoms with Crippen molar-refractivity contribution in [2.24, 2.45) is 23.5 Å². The fraction of sp³-hybridized carbons (Fsp3) is 0.520. The summed E-state index contributed by atoms with van der Waals surface area (Å²) in [7, 11) is 2.11. The van der Waals surface area contributed by atoms with Crippen LogP contribution in [0.5, 0.6) is 0 Å². The van der Waals surface area contributed by atoms with Gasteiger partial charge in [-0.05, 0) is 49.6 Å². The first-order chi connectivity index (χ1) is 17.4. The van der Waals surface area contributed by atoms with E-state index in [2.05, 4.69) is 42.8 Å². The van der Waals surface area contributed by atoms with Gasteiger partial charge in [-0.25, -0.2) is 9.37 Å². The zero-order valence-corrected chi connectivity index (χ0v) is 20.2. The second kappa shape index (κ2) is 8.88. The van der Waals surface area contributed by atoms with Crippen molar-refractivity contribution in [1.82, 2.24) is 20.2 Å². The second-order valence-corrected chi connectivity index (χ2v) is 10.5. The smallest absolute Gasteiger partial charge is 0.229 e. The van der Waals surface area contributed by atoms with Crippen LogP contribution in [-0.2, 0) is 16.0 Å². The molecule has 1 aromatic carbocycles. The summed E-state index contributed by atoms with van der Waals surface area (Å²) in [4.78, 5) is 38.7. The number of nitrogens with two attached hydrogens (primary N) is 1. The lowest BCUT2D eigenvalue weighted by Crippen LogP contribution is -2.52. The van der Waals surface area contributed by atoms with Gasteiger partial charge in [0.05, 0.1) is 18.5 Å². The lowest BCUT2D eigenvalue weighted by molar-refractivity contribution is -0.123. The molecule has 1 aromatic heterocycles. The number of rotatable bonds is 2. The summed E-state index contributed by atoms with van der Waals surface area (Å²) < 4.78 is 14.7. The number of carbonyl (C=O) groups is 2. The van der Waals surface area contributed by atoms with Crippen LogP contribution in [0.2, 0.25) is 0 Å². The van der Waals surface area contributed by atoms with E-state index in [9.17, 15) is 14.0 Å². The Kier molecular flexibility index (Phi) is 5.66. The van der Waals surface area contributed by atoms with E-state index >= 15 is 0 Å². The maximum atomic E-state index is 14.7. The van der Waals surface area contributed by atoms with E-state index in [1.165, 1.54) is 0 Å². The number of anilines is 4. The maximum Gasteiger partial charge on any atom is 0.229 e. The second-order valence-electron chi connectivity index (χ2n) is 10.5. The molecule has 1 saturated heterocycles. The summed E-state index contributed by atoms with van der Waals surface area (Å²) in [5, 5.41) is 9.51. The minimum Gasteiger partial charge on any atom is -0.369 e. The molecule has 10 nitrogen and oxygen atoms in total. The molecule has 0 unspecified atom stereocenters. The molecule has 0 radical (unpaired) electrons. The van der Waals surface area contributed by atoms with Gasteiger partial charge in [0.2, 0.25) is 17.8 Å². The van der Waals surface area contributed by atoms with Crippen LogP contribution in [0.25, 0.3) is 0 Å². The van der Waals surface area contributed by atoms with Gasteiger partial charge in [-0.1, -0.05) is 0 Å². The Labute approximate surface area is 208 Å². The van der Waals surface area contributed by atoms with Crippen LogP contribution in [0, 0.1) is 23.6 Å². The van der Waals surface area contributed by atoms with Crippen molar-refractivity contribution in [3.8, 4) is 0 Å². The first kappa shape index (κ1) is 23.0. The van der Waals surface area contributed by atoms with Gasteiger partial charge in [-0.3, -0.25) is 9.59 Å². The van der Waals surface area contributed by atoms with Crippen molar-refractivity contribution in [3.05, 3.63) is 35.8 Å². The van der Waals surface area contributed by atoms with Crippen LogP contribution in [0.4, 0.5) is 27.5 Å². The zero-order chi connectivity index (χ0) is 25.0. The van der Waals surface area contributed by atoms with Crippen molar-refractivity contribution in [1.29, 1.82) is 0 Å². The normalized spacial score (nSPS) is 29.7. The zero-order valence-electron chi connectivity index (χ0n) is 20.2. The Morgan fingerprint density at radius 1 is 1.17 bits per heavy atom. The molecular weight excluding hydrogens is 463 g/mol. The van der Waals surface area contributed by atoms with Crippen molar-refractivity contribution < 1.29 is 14.0 Å². The molecule has 5 N–H and O–H groups in total. The Morgan fingerprint density at radius 3 is 2.75 bits per heavy atom. The van der Waals surface area contributed by atoms with E-state index in [1.807, 2.05) is 18.2 Å². The minimum absolute atomic E-state index is 0.0210. The summed E-state index contributed by atoms with van der Waals surface area (Å²) in [5.74, 6) is -1.29.